The van der Waals surface area contributed by atoms with Crippen LogP contribution in [0.4, 0.5) is 5.69 Å². The Morgan fingerprint density at radius 2 is 2.04 bits per heavy atom. The van der Waals surface area contributed by atoms with Crippen LogP contribution in [0.5, 0.6) is 0 Å². The maximum absolute atomic E-state index is 12.8. The van der Waals surface area contributed by atoms with Crippen LogP contribution >= 0.6 is 0 Å². The van der Waals surface area contributed by atoms with Gasteiger partial charge in [0.05, 0.1) is 9.82 Å². The molecule has 0 unspecified atom stereocenters. The minimum Gasteiger partial charge on any atom is -0.264 e. The quantitative estimate of drug-likeness (QED) is 0.597. The van der Waals surface area contributed by atoms with Crippen LogP contribution < -0.4 is 0 Å². The fourth-order valence-corrected chi connectivity index (χ4v) is 3.66. The minimum absolute atomic E-state index is 0.0272. The molecule has 2 aromatic rings. The number of non-ortho nitro benzene ring substituents is 1. The predicted octanol–water partition coefficient (Wildman–Crippen LogP) is 2.37. The number of benzene rings is 1. The number of sulfonamides is 1. The van der Waals surface area contributed by atoms with Crippen molar-refractivity contribution in [2.24, 2.45) is 0 Å². The maximum Gasteiger partial charge on any atom is 0.270 e. The summed E-state index contributed by atoms with van der Waals surface area (Å²) in [7, 11) is -2.39. The molecule has 0 saturated heterocycles. The number of hydrogen-bond acceptors (Lipinski definition) is 5. The standard InChI is InChI=1S/C15H17N3O4S/c1-3-13-6-7-14(18(19)20)9-15(13)23(21,22)17(2)11-12-5-4-8-16-10-12/h4-10H,3,11H2,1-2H3. The van der Waals surface area contributed by atoms with Crippen molar-refractivity contribution in [3.63, 3.8) is 0 Å². The lowest BCUT2D eigenvalue weighted by Gasteiger charge is -2.19. The summed E-state index contributed by atoms with van der Waals surface area (Å²) in [5, 5.41) is 10.9. The third kappa shape index (κ3) is 3.72. The highest BCUT2D eigenvalue weighted by Gasteiger charge is 2.26. The lowest BCUT2D eigenvalue weighted by atomic mass is 10.1. The van der Waals surface area contributed by atoms with Crippen LogP contribution in [-0.2, 0) is 23.0 Å². The van der Waals surface area contributed by atoms with Gasteiger partial charge in [-0.1, -0.05) is 19.1 Å². The van der Waals surface area contributed by atoms with Crippen molar-refractivity contribution < 1.29 is 13.3 Å². The van der Waals surface area contributed by atoms with E-state index in [1.54, 1.807) is 31.5 Å². The number of nitro benzene ring substituents is 1. The first kappa shape index (κ1) is 17.0. The summed E-state index contributed by atoms with van der Waals surface area (Å²) >= 11 is 0. The molecule has 0 radical (unpaired) electrons. The summed E-state index contributed by atoms with van der Waals surface area (Å²) in [5.41, 5.74) is 1.05. The van der Waals surface area contributed by atoms with Crippen LogP contribution in [0.3, 0.4) is 0 Å². The van der Waals surface area contributed by atoms with Gasteiger partial charge in [-0.05, 0) is 23.6 Å². The number of nitro groups is 1. The fourth-order valence-electron chi connectivity index (χ4n) is 2.19. The Balaban J connectivity index is 2.41. The van der Waals surface area contributed by atoms with E-state index in [-0.39, 0.29) is 17.1 Å². The Bertz CT molecular complexity index is 807. The second-order valence-corrected chi connectivity index (χ2v) is 7.04. The molecule has 0 amide bonds. The molecule has 2 rings (SSSR count). The Hall–Kier alpha value is -2.32. The van der Waals surface area contributed by atoms with E-state index in [0.29, 0.717) is 12.0 Å². The van der Waals surface area contributed by atoms with Gasteiger partial charge < -0.3 is 0 Å². The second-order valence-electron chi connectivity index (χ2n) is 5.03. The van der Waals surface area contributed by atoms with Crippen molar-refractivity contribution in [1.29, 1.82) is 0 Å². The Kier molecular flexibility index (Phi) is 5.07. The SMILES string of the molecule is CCc1ccc([N+](=O)[O-])cc1S(=O)(=O)N(C)Cc1cccnc1. The monoisotopic (exact) mass is 335 g/mol. The molecule has 0 saturated carbocycles. The number of pyridine rings is 1. The third-order valence-electron chi connectivity index (χ3n) is 3.46. The highest BCUT2D eigenvalue weighted by atomic mass is 32.2. The first-order chi connectivity index (χ1) is 10.9. The molecule has 1 aromatic heterocycles. The zero-order valence-electron chi connectivity index (χ0n) is 12.8. The van der Waals surface area contributed by atoms with Crippen LogP contribution in [0, 0.1) is 10.1 Å². The molecule has 0 atom stereocenters. The van der Waals surface area contributed by atoms with Crippen molar-refractivity contribution in [3.05, 3.63) is 64.0 Å². The topological polar surface area (TPSA) is 93.4 Å². The number of aryl methyl sites for hydroxylation is 1. The van der Waals surface area contributed by atoms with Crippen LogP contribution in [0.2, 0.25) is 0 Å². The van der Waals surface area contributed by atoms with Gasteiger partial charge in [-0.2, -0.15) is 4.31 Å². The molecule has 8 heteroatoms. The lowest BCUT2D eigenvalue weighted by molar-refractivity contribution is -0.385. The Morgan fingerprint density at radius 1 is 1.30 bits per heavy atom. The van der Waals surface area contributed by atoms with Crippen LogP contribution in [0.15, 0.2) is 47.6 Å². The summed E-state index contributed by atoms with van der Waals surface area (Å²) < 4.78 is 26.7. The largest absolute Gasteiger partial charge is 0.270 e. The summed E-state index contributed by atoms with van der Waals surface area (Å²) in [5.74, 6) is 0. The summed E-state index contributed by atoms with van der Waals surface area (Å²) in [4.78, 5) is 14.3. The zero-order valence-corrected chi connectivity index (χ0v) is 13.7. The molecule has 23 heavy (non-hydrogen) atoms. The molecule has 0 aliphatic carbocycles. The van der Waals surface area contributed by atoms with Crippen molar-refractivity contribution in [2.45, 2.75) is 24.8 Å². The van der Waals surface area contributed by atoms with Gasteiger partial charge in [-0.3, -0.25) is 15.1 Å². The molecular weight excluding hydrogens is 318 g/mol. The first-order valence-corrected chi connectivity index (χ1v) is 8.42. The molecular formula is C15H17N3O4S. The minimum atomic E-state index is -3.83. The number of hydrogen-bond donors (Lipinski definition) is 0. The molecule has 1 heterocycles. The zero-order chi connectivity index (χ0) is 17.0. The second kappa shape index (κ2) is 6.84. The molecule has 122 valence electrons. The average Bonchev–Trinajstić information content (AvgIpc) is 2.55. The molecule has 0 aliphatic heterocycles. The fraction of sp³-hybridized carbons (Fsp3) is 0.267. The van der Waals surface area contributed by atoms with Gasteiger partial charge in [-0.25, -0.2) is 8.42 Å². The highest BCUT2D eigenvalue weighted by Crippen LogP contribution is 2.26. The molecule has 0 aliphatic rings. The molecule has 1 aromatic carbocycles. The highest BCUT2D eigenvalue weighted by molar-refractivity contribution is 7.89. The number of nitrogens with zero attached hydrogens (tertiary/aromatic N) is 3. The van der Waals surface area contributed by atoms with Crippen LogP contribution in [0.1, 0.15) is 18.1 Å². The summed E-state index contributed by atoms with van der Waals surface area (Å²) in [6.07, 6.45) is 3.65. The summed E-state index contributed by atoms with van der Waals surface area (Å²) in [6.45, 7) is 1.95. The lowest BCUT2D eigenvalue weighted by Crippen LogP contribution is -2.27. The van der Waals surface area contributed by atoms with Crippen molar-refractivity contribution >= 4 is 15.7 Å². The van der Waals surface area contributed by atoms with E-state index in [2.05, 4.69) is 4.98 Å². The predicted molar refractivity (Wildman–Crippen MR) is 85.4 cm³/mol. The van der Waals surface area contributed by atoms with E-state index in [0.717, 1.165) is 11.6 Å². The Labute approximate surface area is 134 Å². The molecule has 0 spiro atoms. The van der Waals surface area contributed by atoms with E-state index < -0.39 is 14.9 Å². The van der Waals surface area contributed by atoms with Crippen molar-refractivity contribution in [1.82, 2.24) is 9.29 Å². The van der Waals surface area contributed by atoms with E-state index in [4.69, 9.17) is 0 Å². The average molecular weight is 335 g/mol. The van der Waals surface area contributed by atoms with Gasteiger partial charge in [0.25, 0.3) is 5.69 Å². The van der Waals surface area contributed by atoms with Crippen molar-refractivity contribution in [2.75, 3.05) is 7.05 Å². The normalized spacial score (nSPS) is 11.6. The van der Waals surface area contributed by atoms with Gasteiger partial charge in [0, 0.05) is 38.1 Å². The van der Waals surface area contributed by atoms with Gasteiger partial charge in [0.1, 0.15) is 0 Å². The van der Waals surface area contributed by atoms with Gasteiger partial charge >= 0.3 is 0 Å². The third-order valence-corrected chi connectivity index (χ3v) is 5.34. The number of rotatable bonds is 6. The molecule has 0 bridgehead atoms. The van der Waals surface area contributed by atoms with E-state index in [1.165, 1.54) is 23.5 Å². The van der Waals surface area contributed by atoms with Crippen LogP contribution in [-0.4, -0.2) is 29.7 Å². The van der Waals surface area contributed by atoms with E-state index in [9.17, 15) is 18.5 Å². The smallest absolute Gasteiger partial charge is 0.264 e. The maximum atomic E-state index is 12.8. The van der Waals surface area contributed by atoms with Crippen LogP contribution in [0.25, 0.3) is 0 Å². The van der Waals surface area contributed by atoms with Gasteiger partial charge in [-0.15, -0.1) is 0 Å². The first-order valence-electron chi connectivity index (χ1n) is 6.98. The van der Waals surface area contributed by atoms with E-state index >= 15 is 0 Å². The van der Waals surface area contributed by atoms with Crippen molar-refractivity contribution in [3.8, 4) is 0 Å². The summed E-state index contributed by atoms with van der Waals surface area (Å²) in [6, 6.07) is 7.42. The van der Waals surface area contributed by atoms with Gasteiger partial charge in [0.2, 0.25) is 10.0 Å². The molecule has 0 fully saturated rings. The van der Waals surface area contributed by atoms with Gasteiger partial charge in [0.15, 0.2) is 0 Å². The molecule has 0 N–H and O–H groups in total. The number of aromatic nitrogens is 1. The Morgan fingerprint density at radius 3 is 2.61 bits per heavy atom. The molecule has 7 nitrogen and oxygen atoms in total. The van der Waals surface area contributed by atoms with E-state index in [1.807, 2.05) is 0 Å².